The van der Waals surface area contributed by atoms with Crippen LogP contribution in [0, 0.1) is 0 Å². The van der Waals surface area contributed by atoms with E-state index in [0.717, 1.165) is 0 Å². The molecule has 0 saturated heterocycles. The molecule has 100 valence electrons. The Morgan fingerprint density at radius 3 is 2.39 bits per heavy atom. The highest BCUT2D eigenvalue weighted by Crippen LogP contribution is 2.12. The monoisotopic (exact) mass is 291 g/mol. The van der Waals surface area contributed by atoms with Gasteiger partial charge in [-0.15, -0.1) is 12.4 Å². The summed E-state index contributed by atoms with van der Waals surface area (Å²) in [5.74, 6) is -0.683. The van der Waals surface area contributed by atoms with E-state index in [2.05, 4.69) is 10.6 Å². The maximum absolute atomic E-state index is 11.4. The largest absolute Gasteiger partial charge is 0.346 e. The summed E-state index contributed by atoms with van der Waals surface area (Å²) in [4.78, 5) is 22.5. The fourth-order valence-corrected chi connectivity index (χ4v) is 1.19. The van der Waals surface area contributed by atoms with E-state index in [1.54, 1.807) is 31.2 Å². The number of hydrogen-bond acceptors (Lipinski definition) is 3. The van der Waals surface area contributed by atoms with Crippen molar-refractivity contribution in [2.45, 2.75) is 13.0 Å². The second kappa shape index (κ2) is 7.92. The second-order valence-electron chi connectivity index (χ2n) is 3.56. The molecule has 0 heterocycles. The quantitative estimate of drug-likeness (QED) is 0.778. The Kier molecular flexibility index (Phi) is 7.35. The molecule has 0 aliphatic carbocycles. The molecule has 0 bridgehead atoms. The standard InChI is InChI=1S/C11H14ClN3O2.ClH/c1-7(13)11(17)14-6-10(16)15-9-4-2-8(12)3-5-9;/h2-5,7H,6,13H2,1H3,(H,14,17)(H,15,16);1H/t7-;/m0./s1. The van der Waals surface area contributed by atoms with Crippen LogP contribution in [-0.2, 0) is 9.59 Å². The van der Waals surface area contributed by atoms with Crippen molar-refractivity contribution in [2.75, 3.05) is 11.9 Å². The van der Waals surface area contributed by atoms with Crippen molar-refractivity contribution in [3.05, 3.63) is 29.3 Å². The zero-order valence-corrected chi connectivity index (χ0v) is 11.3. The highest BCUT2D eigenvalue weighted by Gasteiger charge is 2.09. The van der Waals surface area contributed by atoms with Gasteiger partial charge in [-0.05, 0) is 31.2 Å². The van der Waals surface area contributed by atoms with Crippen LogP contribution < -0.4 is 16.4 Å². The maximum Gasteiger partial charge on any atom is 0.243 e. The number of carbonyl (C=O) groups is 2. The predicted octanol–water partition coefficient (Wildman–Crippen LogP) is 1.16. The average molecular weight is 292 g/mol. The van der Waals surface area contributed by atoms with Crippen LogP contribution in [0.1, 0.15) is 6.92 Å². The number of rotatable bonds is 4. The summed E-state index contributed by atoms with van der Waals surface area (Å²) in [6, 6.07) is 6.05. The first-order chi connectivity index (χ1) is 7.99. The first kappa shape index (κ1) is 16.7. The van der Waals surface area contributed by atoms with Crippen LogP contribution in [0.2, 0.25) is 5.02 Å². The number of amides is 2. The van der Waals surface area contributed by atoms with E-state index in [1.807, 2.05) is 0 Å². The van der Waals surface area contributed by atoms with Crippen LogP contribution in [0.3, 0.4) is 0 Å². The summed E-state index contributed by atoms with van der Waals surface area (Å²) in [5.41, 5.74) is 5.95. The Morgan fingerprint density at radius 1 is 1.33 bits per heavy atom. The number of anilines is 1. The van der Waals surface area contributed by atoms with Gasteiger partial charge in [0.15, 0.2) is 0 Å². The fourth-order valence-electron chi connectivity index (χ4n) is 1.07. The molecule has 1 aromatic rings. The van der Waals surface area contributed by atoms with Gasteiger partial charge in [0, 0.05) is 10.7 Å². The van der Waals surface area contributed by atoms with Gasteiger partial charge >= 0.3 is 0 Å². The smallest absolute Gasteiger partial charge is 0.243 e. The van der Waals surface area contributed by atoms with E-state index in [9.17, 15) is 9.59 Å². The fraction of sp³-hybridized carbons (Fsp3) is 0.273. The van der Waals surface area contributed by atoms with Crippen LogP contribution in [-0.4, -0.2) is 24.4 Å². The molecule has 7 heteroatoms. The van der Waals surface area contributed by atoms with Crippen LogP contribution in [0.25, 0.3) is 0 Å². The maximum atomic E-state index is 11.4. The zero-order valence-electron chi connectivity index (χ0n) is 9.77. The van der Waals surface area contributed by atoms with Crippen LogP contribution in [0.15, 0.2) is 24.3 Å². The molecule has 2 amide bonds. The Labute approximate surface area is 116 Å². The summed E-state index contributed by atoms with van der Waals surface area (Å²) < 4.78 is 0. The summed E-state index contributed by atoms with van der Waals surface area (Å²) in [6.45, 7) is 1.44. The minimum atomic E-state index is -0.627. The number of carbonyl (C=O) groups excluding carboxylic acids is 2. The topological polar surface area (TPSA) is 84.2 Å². The van der Waals surface area contributed by atoms with E-state index in [4.69, 9.17) is 17.3 Å². The molecule has 0 aliphatic rings. The lowest BCUT2D eigenvalue weighted by atomic mass is 10.3. The number of nitrogens with two attached hydrogens (primary N) is 1. The molecular formula is C11H15Cl2N3O2. The zero-order chi connectivity index (χ0) is 12.8. The van der Waals surface area contributed by atoms with Gasteiger partial charge in [0.2, 0.25) is 11.8 Å². The molecule has 0 aliphatic heterocycles. The Bertz CT molecular complexity index is 407. The minimum Gasteiger partial charge on any atom is -0.346 e. The predicted molar refractivity (Wildman–Crippen MR) is 74.0 cm³/mol. The molecule has 1 atom stereocenters. The lowest BCUT2D eigenvalue weighted by Crippen LogP contribution is -2.41. The van der Waals surface area contributed by atoms with Crippen molar-refractivity contribution in [3.8, 4) is 0 Å². The van der Waals surface area contributed by atoms with Gasteiger partial charge in [-0.1, -0.05) is 11.6 Å². The van der Waals surface area contributed by atoms with Crippen LogP contribution in [0.4, 0.5) is 5.69 Å². The SMILES string of the molecule is C[C@H](N)C(=O)NCC(=O)Nc1ccc(Cl)cc1.Cl. The van der Waals surface area contributed by atoms with Crippen molar-refractivity contribution < 1.29 is 9.59 Å². The summed E-state index contributed by atoms with van der Waals surface area (Å²) in [7, 11) is 0. The van der Waals surface area contributed by atoms with E-state index in [1.165, 1.54) is 0 Å². The van der Waals surface area contributed by atoms with Crippen LogP contribution in [0.5, 0.6) is 0 Å². The van der Waals surface area contributed by atoms with Gasteiger partial charge < -0.3 is 16.4 Å². The van der Waals surface area contributed by atoms with Crippen molar-refractivity contribution in [2.24, 2.45) is 5.73 Å². The minimum absolute atomic E-state index is 0. The van der Waals surface area contributed by atoms with Gasteiger partial charge in [0.25, 0.3) is 0 Å². The molecule has 0 unspecified atom stereocenters. The molecule has 18 heavy (non-hydrogen) atoms. The number of halogens is 2. The number of nitrogens with one attached hydrogen (secondary N) is 2. The Balaban J connectivity index is 0.00000289. The van der Waals surface area contributed by atoms with E-state index in [-0.39, 0.29) is 30.8 Å². The van der Waals surface area contributed by atoms with E-state index >= 15 is 0 Å². The molecule has 1 rings (SSSR count). The van der Waals surface area contributed by atoms with Crippen molar-refractivity contribution in [1.82, 2.24) is 5.32 Å². The molecule has 0 aromatic heterocycles. The second-order valence-corrected chi connectivity index (χ2v) is 4.00. The summed E-state index contributed by atoms with van der Waals surface area (Å²) in [5, 5.41) is 5.61. The normalized spacial score (nSPS) is 11.1. The lowest BCUT2D eigenvalue weighted by molar-refractivity contribution is -0.124. The van der Waals surface area contributed by atoms with Crippen LogP contribution >= 0.6 is 24.0 Å². The van der Waals surface area contributed by atoms with Crippen molar-refractivity contribution >= 4 is 41.5 Å². The molecule has 4 N–H and O–H groups in total. The Morgan fingerprint density at radius 2 is 1.89 bits per heavy atom. The molecule has 0 fully saturated rings. The lowest BCUT2D eigenvalue weighted by Gasteiger charge is -2.08. The van der Waals surface area contributed by atoms with Crippen molar-refractivity contribution in [1.29, 1.82) is 0 Å². The molecular weight excluding hydrogens is 277 g/mol. The third-order valence-corrected chi connectivity index (χ3v) is 2.22. The molecule has 1 aromatic carbocycles. The third kappa shape index (κ3) is 5.86. The third-order valence-electron chi connectivity index (χ3n) is 1.96. The molecule has 0 radical (unpaired) electrons. The highest BCUT2D eigenvalue weighted by atomic mass is 35.5. The molecule has 0 spiro atoms. The van der Waals surface area contributed by atoms with Gasteiger partial charge in [-0.25, -0.2) is 0 Å². The summed E-state index contributed by atoms with van der Waals surface area (Å²) in [6.07, 6.45) is 0. The average Bonchev–Trinajstić information content (AvgIpc) is 2.29. The van der Waals surface area contributed by atoms with Gasteiger partial charge in [-0.2, -0.15) is 0 Å². The first-order valence-electron chi connectivity index (χ1n) is 5.08. The summed E-state index contributed by atoms with van der Waals surface area (Å²) >= 11 is 5.70. The van der Waals surface area contributed by atoms with E-state index in [0.29, 0.717) is 10.7 Å². The number of hydrogen-bond donors (Lipinski definition) is 3. The molecule has 5 nitrogen and oxygen atoms in total. The highest BCUT2D eigenvalue weighted by molar-refractivity contribution is 6.30. The van der Waals surface area contributed by atoms with E-state index < -0.39 is 6.04 Å². The van der Waals surface area contributed by atoms with Gasteiger partial charge in [0.05, 0.1) is 12.6 Å². The number of benzene rings is 1. The Hall–Kier alpha value is -1.30. The molecule has 0 saturated carbocycles. The first-order valence-corrected chi connectivity index (χ1v) is 5.45. The van der Waals surface area contributed by atoms with Gasteiger partial charge in [-0.3, -0.25) is 9.59 Å². The van der Waals surface area contributed by atoms with Crippen molar-refractivity contribution in [3.63, 3.8) is 0 Å². The van der Waals surface area contributed by atoms with Gasteiger partial charge in [0.1, 0.15) is 0 Å².